The molecular weight excluding hydrogens is 475 g/mol. The predicted molar refractivity (Wildman–Crippen MR) is 124 cm³/mol. The molecule has 3 N–H and O–H groups in total. The lowest BCUT2D eigenvalue weighted by Crippen LogP contribution is -2.49. The summed E-state index contributed by atoms with van der Waals surface area (Å²) in [7, 11) is 0. The number of rotatable bonds is 3. The molecule has 190 valence electrons. The zero-order valence-corrected chi connectivity index (χ0v) is 19.8. The number of halogens is 3. The minimum Gasteiger partial charge on any atom is -0.383 e. The van der Waals surface area contributed by atoms with E-state index in [-0.39, 0.29) is 18.1 Å². The number of hydrogen-bond acceptors (Lipinski definition) is 6. The van der Waals surface area contributed by atoms with Crippen LogP contribution in [0.3, 0.4) is 0 Å². The zero-order chi connectivity index (χ0) is 25.7. The van der Waals surface area contributed by atoms with Crippen LogP contribution in [0.25, 0.3) is 11.3 Å². The predicted octanol–water partition coefficient (Wildman–Crippen LogP) is 3.52. The Bertz CT molecular complexity index is 1290. The normalized spacial score (nSPS) is 20.0. The molecule has 5 rings (SSSR count). The number of urea groups is 1. The summed E-state index contributed by atoms with van der Waals surface area (Å²) in [5.41, 5.74) is 4.95. The van der Waals surface area contributed by atoms with Gasteiger partial charge in [0.2, 0.25) is 0 Å². The van der Waals surface area contributed by atoms with Crippen LogP contribution in [-0.4, -0.2) is 50.4 Å². The lowest BCUT2D eigenvalue weighted by molar-refractivity contribution is -0.137. The molecule has 9 nitrogen and oxygen atoms in total. The number of nitrogens with two attached hydrogens (primary N) is 1. The van der Waals surface area contributed by atoms with Crippen molar-refractivity contribution in [3.8, 4) is 11.3 Å². The molecule has 0 radical (unpaired) electrons. The molecule has 2 aliphatic heterocycles. The first-order chi connectivity index (χ1) is 17.0. The molecule has 1 saturated heterocycles. The van der Waals surface area contributed by atoms with E-state index in [9.17, 15) is 18.0 Å². The fourth-order valence-electron chi connectivity index (χ4n) is 4.76. The Labute approximate surface area is 205 Å². The number of likely N-dealkylation sites (tertiary alicyclic amines) is 1. The molecule has 2 amide bonds. The molecule has 3 aromatic heterocycles. The summed E-state index contributed by atoms with van der Waals surface area (Å²) < 4.78 is 48.0. The van der Waals surface area contributed by atoms with E-state index in [1.165, 1.54) is 6.20 Å². The first kappa shape index (κ1) is 24.0. The Hall–Kier alpha value is -3.67. The summed E-state index contributed by atoms with van der Waals surface area (Å²) in [5, 5.41) is 7.56. The number of amides is 2. The molecule has 0 aromatic carbocycles. The van der Waals surface area contributed by atoms with Crippen molar-refractivity contribution in [3.63, 3.8) is 0 Å². The van der Waals surface area contributed by atoms with Crippen molar-refractivity contribution >= 4 is 11.8 Å². The van der Waals surface area contributed by atoms with Gasteiger partial charge in [-0.1, -0.05) is 6.07 Å². The zero-order valence-electron chi connectivity index (χ0n) is 19.8. The van der Waals surface area contributed by atoms with Crippen LogP contribution in [0.5, 0.6) is 0 Å². The van der Waals surface area contributed by atoms with Crippen molar-refractivity contribution in [2.75, 3.05) is 25.4 Å². The Balaban J connectivity index is 1.39. The van der Waals surface area contributed by atoms with E-state index in [1.54, 1.807) is 21.8 Å². The molecule has 0 aliphatic carbocycles. The number of hydrogen-bond donors (Lipinski definition) is 2. The summed E-state index contributed by atoms with van der Waals surface area (Å²) in [6.07, 6.45) is -1.14. The Morgan fingerprint density at radius 1 is 1.19 bits per heavy atom. The Morgan fingerprint density at radius 3 is 2.72 bits per heavy atom. The fourth-order valence-corrected chi connectivity index (χ4v) is 4.76. The maximum atomic E-state index is 13.3. The van der Waals surface area contributed by atoms with Gasteiger partial charge in [-0.15, -0.1) is 0 Å². The maximum absolute atomic E-state index is 13.3. The van der Waals surface area contributed by atoms with Crippen LogP contribution in [0.2, 0.25) is 0 Å². The largest absolute Gasteiger partial charge is 0.419 e. The van der Waals surface area contributed by atoms with Crippen LogP contribution in [0, 0.1) is 0 Å². The van der Waals surface area contributed by atoms with Crippen molar-refractivity contribution in [1.29, 1.82) is 0 Å². The van der Waals surface area contributed by atoms with Crippen molar-refractivity contribution < 1.29 is 22.7 Å². The van der Waals surface area contributed by atoms with Crippen LogP contribution in [-0.2, 0) is 28.6 Å². The monoisotopic (exact) mass is 501 g/mol. The SMILES string of the molecule is CC(C)(NC(=O)N1CCC2(C1)OCCn1nc(-c3cnc(N)c(C(F)(F)F)c3)cc12)c1ccccn1. The molecule has 1 unspecified atom stereocenters. The third kappa shape index (κ3) is 4.25. The highest BCUT2D eigenvalue weighted by atomic mass is 19.4. The lowest BCUT2D eigenvalue weighted by Gasteiger charge is -2.34. The summed E-state index contributed by atoms with van der Waals surface area (Å²) >= 11 is 0. The highest BCUT2D eigenvalue weighted by Gasteiger charge is 2.47. The van der Waals surface area contributed by atoms with Gasteiger partial charge in [-0.05, 0) is 38.1 Å². The number of pyridine rings is 2. The summed E-state index contributed by atoms with van der Waals surface area (Å²) in [4.78, 5) is 22.9. The number of nitrogen functional groups attached to an aromatic ring is 1. The molecule has 3 aromatic rings. The third-order valence-corrected chi connectivity index (χ3v) is 6.69. The van der Waals surface area contributed by atoms with E-state index in [0.29, 0.717) is 37.5 Å². The standard InChI is InChI=1S/C24H26F3N7O2/c1-22(2,18-5-3-4-7-29-18)31-21(35)33-8-6-23(14-33)19-12-17(32-34(19)9-10-36-23)15-11-16(24(25,26)27)20(28)30-13-15/h3-5,7,11-13H,6,8-10,14H2,1-2H3,(H2,28,30)(H,31,35). The second-order valence-corrected chi connectivity index (χ2v) is 9.58. The molecule has 1 spiro atoms. The second-order valence-electron chi connectivity index (χ2n) is 9.58. The minimum atomic E-state index is -4.63. The molecule has 5 heterocycles. The van der Waals surface area contributed by atoms with Gasteiger partial charge in [-0.25, -0.2) is 9.78 Å². The van der Waals surface area contributed by atoms with E-state index in [0.717, 1.165) is 11.8 Å². The van der Waals surface area contributed by atoms with Crippen LogP contribution in [0.4, 0.5) is 23.8 Å². The number of carbonyl (C=O) groups is 1. The van der Waals surface area contributed by atoms with Gasteiger partial charge in [0.15, 0.2) is 0 Å². The molecule has 36 heavy (non-hydrogen) atoms. The highest BCUT2D eigenvalue weighted by Crippen LogP contribution is 2.41. The first-order valence-corrected chi connectivity index (χ1v) is 11.5. The minimum absolute atomic E-state index is 0.207. The lowest BCUT2D eigenvalue weighted by atomic mass is 9.96. The topological polar surface area (TPSA) is 111 Å². The molecular formula is C24H26F3N7O2. The van der Waals surface area contributed by atoms with E-state index < -0.39 is 28.7 Å². The summed E-state index contributed by atoms with van der Waals surface area (Å²) in [6, 6.07) is 7.95. The second kappa shape index (κ2) is 8.47. The average molecular weight is 502 g/mol. The van der Waals surface area contributed by atoms with Gasteiger partial charge >= 0.3 is 12.2 Å². The number of fused-ring (bicyclic) bond motifs is 2. The van der Waals surface area contributed by atoms with Crippen molar-refractivity contribution in [3.05, 3.63) is 59.7 Å². The van der Waals surface area contributed by atoms with E-state index >= 15 is 0 Å². The van der Waals surface area contributed by atoms with Crippen LogP contribution in [0.1, 0.15) is 37.2 Å². The van der Waals surface area contributed by atoms with Crippen LogP contribution >= 0.6 is 0 Å². The van der Waals surface area contributed by atoms with E-state index in [2.05, 4.69) is 20.4 Å². The quantitative estimate of drug-likeness (QED) is 0.568. The molecule has 2 aliphatic rings. The fraction of sp³-hybridized carbons (Fsp3) is 0.417. The van der Waals surface area contributed by atoms with Crippen molar-refractivity contribution in [2.24, 2.45) is 0 Å². The smallest absolute Gasteiger partial charge is 0.383 e. The summed E-state index contributed by atoms with van der Waals surface area (Å²) in [6.45, 7) is 5.32. The molecule has 0 bridgehead atoms. The maximum Gasteiger partial charge on any atom is 0.419 e. The Kier molecular flexibility index (Phi) is 5.66. The van der Waals surface area contributed by atoms with Crippen molar-refractivity contribution in [1.82, 2.24) is 30.0 Å². The highest BCUT2D eigenvalue weighted by molar-refractivity contribution is 5.76. The number of carbonyl (C=O) groups excluding carboxylic acids is 1. The van der Waals surface area contributed by atoms with Crippen LogP contribution in [0.15, 0.2) is 42.7 Å². The van der Waals surface area contributed by atoms with E-state index in [1.807, 2.05) is 32.0 Å². The third-order valence-electron chi connectivity index (χ3n) is 6.69. The van der Waals surface area contributed by atoms with E-state index in [4.69, 9.17) is 10.5 Å². The number of aromatic nitrogens is 4. The molecule has 12 heteroatoms. The number of nitrogens with one attached hydrogen (secondary N) is 1. The van der Waals surface area contributed by atoms with Gasteiger partial charge in [0, 0.05) is 30.9 Å². The Morgan fingerprint density at radius 2 is 2.00 bits per heavy atom. The number of anilines is 1. The van der Waals surface area contributed by atoms with Gasteiger partial charge in [-0.2, -0.15) is 18.3 Å². The van der Waals surface area contributed by atoms with Gasteiger partial charge in [0.25, 0.3) is 0 Å². The van der Waals surface area contributed by atoms with Crippen LogP contribution < -0.4 is 11.1 Å². The molecule has 1 fully saturated rings. The van der Waals surface area contributed by atoms with Gasteiger partial charge in [0.05, 0.1) is 47.9 Å². The first-order valence-electron chi connectivity index (χ1n) is 11.5. The average Bonchev–Trinajstić information content (AvgIpc) is 3.45. The number of alkyl halides is 3. The molecule has 1 atom stereocenters. The number of nitrogens with zero attached hydrogens (tertiary/aromatic N) is 5. The van der Waals surface area contributed by atoms with Crippen molar-refractivity contribution in [2.45, 2.75) is 44.1 Å². The van der Waals surface area contributed by atoms with Gasteiger partial charge in [0.1, 0.15) is 11.4 Å². The summed E-state index contributed by atoms with van der Waals surface area (Å²) in [5.74, 6) is -0.582. The van der Waals surface area contributed by atoms with Gasteiger partial charge < -0.3 is 20.7 Å². The van der Waals surface area contributed by atoms with Gasteiger partial charge in [-0.3, -0.25) is 9.67 Å². The molecule has 0 saturated carbocycles. The number of ether oxygens (including phenoxy) is 1.